The molecule has 0 bridgehead atoms. The number of aromatic amines is 1. The van der Waals surface area contributed by atoms with E-state index in [2.05, 4.69) is 4.98 Å². The summed E-state index contributed by atoms with van der Waals surface area (Å²) in [5, 5.41) is 0.917. The first-order chi connectivity index (χ1) is 10.4. The Labute approximate surface area is 129 Å². The Kier molecular flexibility index (Phi) is 4.85. The molecule has 1 heterocycles. The molecule has 22 heavy (non-hydrogen) atoms. The minimum atomic E-state index is -0.176. The summed E-state index contributed by atoms with van der Waals surface area (Å²) in [5.41, 5.74) is 1.13. The van der Waals surface area contributed by atoms with Gasteiger partial charge in [0.15, 0.2) is 0 Å². The van der Waals surface area contributed by atoms with Gasteiger partial charge in [-0.1, -0.05) is 13.8 Å². The number of rotatable bonds is 5. The average molecular weight is 302 g/mol. The molecular formula is C17H22N2O3. The van der Waals surface area contributed by atoms with Gasteiger partial charge in [0, 0.05) is 25.1 Å². The molecule has 1 aromatic carbocycles. The predicted molar refractivity (Wildman–Crippen MR) is 87.0 cm³/mol. The van der Waals surface area contributed by atoms with Gasteiger partial charge >= 0.3 is 0 Å². The fourth-order valence-electron chi connectivity index (χ4n) is 2.32. The van der Waals surface area contributed by atoms with Crippen LogP contribution in [-0.4, -0.2) is 29.9 Å². The summed E-state index contributed by atoms with van der Waals surface area (Å²) in [5.74, 6) is 1.04. The number of methoxy groups -OCH3 is 1. The molecule has 1 aromatic heterocycles. The van der Waals surface area contributed by atoms with Crippen molar-refractivity contribution < 1.29 is 9.53 Å². The number of nitrogens with zero attached hydrogens (tertiary/aromatic N) is 1. The molecule has 1 amide bonds. The van der Waals surface area contributed by atoms with Crippen molar-refractivity contribution in [3.63, 3.8) is 0 Å². The van der Waals surface area contributed by atoms with Gasteiger partial charge in [0.2, 0.25) is 5.91 Å². The van der Waals surface area contributed by atoms with E-state index >= 15 is 0 Å². The summed E-state index contributed by atoms with van der Waals surface area (Å²) in [7, 11) is 3.31. The van der Waals surface area contributed by atoms with Crippen LogP contribution >= 0.6 is 0 Å². The Morgan fingerprint density at radius 1 is 1.32 bits per heavy atom. The van der Waals surface area contributed by atoms with Gasteiger partial charge < -0.3 is 14.6 Å². The van der Waals surface area contributed by atoms with Gasteiger partial charge in [0.05, 0.1) is 19.2 Å². The molecule has 0 spiro atoms. The summed E-state index contributed by atoms with van der Waals surface area (Å²) >= 11 is 0. The molecule has 0 aliphatic rings. The second-order valence-corrected chi connectivity index (χ2v) is 5.92. The first kappa shape index (κ1) is 16.1. The number of nitrogens with one attached hydrogen (secondary N) is 1. The average Bonchev–Trinajstić information content (AvgIpc) is 2.46. The Bertz CT molecular complexity index is 734. The molecule has 0 saturated carbocycles. The van der Waals surface area contributed by atoms with E-state index in [0.717, 1.165) is 10.9 Å². The minimum absolute atomic E-state index is 0.0456. The van der Waals surface area contributed by atoms with Crippen molar-refractivity contribution in [2.24, 2.45) is 5.92 Å². The number of benzene rings is 1. The summed E-state index contributed by atoms with van der Waals surface area (Å²) < 4.78 is 5.15. The molecule has 118 valence electrons. The Morgan fingerprint density at radius 2 is 2.05 bits per heavy atom. The number of aromatic nitrogens is 1. The summed E-state index contributed by atoms with van der Waals surface area (Å²) in [6, 6.07) is 7.35. The maximum atomic E-state index is 12.2. The van der Waals surface area contributed by atoms with E-state index in [-0.39, 0.29) is 11.5 Å². The number of amides is 1. The van der Waals surface area contributed by atoms with Crippen LogP contribution in [0.2, 0.25) is 0 Å². The lowest BCUT2D eigenvalue weighted by Crippen LogP contribution is -2.29. The number of hydrogen-bond donors (Lipinski definition) is 1. The first-order valence-corrected chi connectivity index (χ1v) is 7.34. The monoisotopic (exact) mass is 302 g/mol. The Hall–Kier alpha value is -2.30. The van der Waals surface area contributed by atoms with E-state index in [0.29, 0.717) is 30.2 Å². The van der Waals surface area contributed by atoms with Gasteiger partial charge in [-0.05, 0) is 29.5 Å². The van der Waals surface area contributed by atoms with Crippen molar-refractivity contribution in [1.29, 1.82) is 0 Å². The topological polar surface area (TPSA) is 62.4 Å². The molecule has 2 rings (SSSR count). The first-order valence-electron chi connectivity index (χ1n) is 7.34. The van der Waals surface area contributed by atoms with Crippen molar-refractivity contribution in [2.75, 3.05) is 14.2 Å². The third kappa shape index (κ3) is 3.67. The van der Waals surface area contributed by atoms with Crippen LogP contribution in [0, 0.1) is 5.92 Å². The zero-order valence-corrected chi connectivity index (χ0v) is 13.5. The number of hydrogen-bond acceptors (Lipinski definition) is 3. The smallest absolute Gasteiger partial charge is 0.253 e. The second kappa shape index (κ2) is 6.64. The molecule has 0 aliphatic heterocycles. The molecule has 0 aliphatic carbocycles. The van der Waals surface area contributed by atoms with Crippen LogP contribution in [0.1, 0.15) is 25.8 Å². The summed E-state index contributed by atoms with van der Waals surface area (Å²) in [6.07, 6.45) is 0.485. The molecule has 1 N–H and O–H groups in total. The van der Waals surface area contributed by atoms with Crippen LogP contribution in [0.3, 0.4) is 0 Å². The number of ether oxygens (including phenoxy) is 1. The summed E-state index contributed by atoms with van der Waals surface area (Å²) in [6.45, 7) is 4.31. The number of carbonyl (C=O) groups excluding carboxylic acids is 1. The minimum Gasteiger partial charge on any atom is -0.497 e. The highest BCUT2D eigenvalue weighted by molar-refractivity contribution is 5.80. The van der Waals surface area contributed by atoms with Gasteiger partial charge in [0.25, 0.3) is 5.56 Å². The highest BCUT2D eigenvalue weighted by Gasteiger charge is 2.13. The van der Waals surface area contributed by atoms with Gasteiger partial charge in [-0.15, -0.1) is 0 Å². The lowest BCUT2D eigenvalue weighted by Gasteiger charge is -2.18. The highest BCUT2D eigenvalue weighted by Crippen LogP contribution is 2.19. The SMILES string of the molecule is COc1ccc2cc(CN(C)C(=O)CC(C)C)c(=O)[nH]c2c1. The van der Waals surface area contributed by atoms with Crippen LogP contribution in [-0.2, 0) is 11.3 Å². The van der Waals surface area contributed by atoms with Gasteiger partial charge in [-0.2, -0.15) is 0 Å². The van der Waals surface area contributed by atoms with E-state index in [9.17, 15) is 9.59 Å². The number of pyridine rings is 1. The largest absolute Gasteiger partial charge is 0.497 e. The Balaban J connectivity index is 2.26. The van der Waals surface area contributed by atoms with Crippen molar-refractivity contribution in [3.8, 4) is 5.75 Å². The van der Waals surface area contributed by atoms with Crippen LogP contribution < -0.4 is 10.3 Å². The molecule has 5 nitrogen and oxygen atoms in total. The van der Waals surface area contributed by atoms with E-state index in [1.807, 2.05) is 32.0 Å². The van der Waals surface area contributed by atoms with Crippen molar-refractivity contribution in [1.82, 2.24) is 9.88 Å². The maximum absolute atomic E-state index is 12.2. The third-order valence-electron chi connectivity index (χ3n) is 3.55. The molecule has 0 saturated heterocycles. The number of H-pyrrole nitrogens is 1. The molecule has 0 fully saturated rings. The quantitative estimate of drug-likeness (QED) is 0.923. The maximum Gasteiger partial charge on any atom is 0.253 e. The van der Waals surface area contributed by atoms with E-state index < -0.39 is 0 Å². The van der Waals surface area contributed by atoms with Crippen LogP contribution in [0.5, 0.6) is 5.75 Å². The van der Waals surface area contributed by atoms with Crippen molar-refractivity contribution in [2.45, 2.75) is 26.8 Å². The fourth-order valence-corrected chi connectivity index (χ4v) is 2.32. The lowest BCUT2D eigenvalue weighted by atomic mass is 10.1. The molecule has 2 aromatic rings. The van der Waals surface area contributed by atoms with Gasteiger partial charge in [-0.3, -0.25) is 9.59 Å². The lowest BCUT2D eigenvalue weighted by molar-refractivity contribution is -0.131. The van der Waals surface area contributed by atoms with Crippen molar-refractivity contribution in [3.05, 3.63) is 40.2 Å². The molecular weight excluding hydrogens is 280 g/mol. The molecule has 0 radical (unpaired) electrons. The second-order valence-electron chi connectivity index (χ2n) is 5.92. The third-order valence-corrected chi connectivity index (χ3v) is 3.55. The molecule has 0 unspecified atom stereocenters. The normalized spacial score (nSPS) is 11.0. The van der Waals surface area contributed by atoms with Crippen molar-refractivity contribution >= 4 is 16.8 Å². The fraction of sp³-hybridized carbons (Fsp3) is 0.412. The highest BCUT2D eigenvalue weighted by atomic mass is 16.5. The summed E-state index contributed by atoms with van der Waals surface area (Å²) in [4.78, 5) is 28.6. The zero-order chi connectivity index (χ0) is 16.3. The Morgan fingerprint density at radius 3 is 2.68 bits per heavy atom. The van der Waals surface area contributed by atoms with Gasteiger partial charge in [0.1, 0.15) is 5.75 Å². The van der Waals surface area contributed by atoms with Crippen LogP contribution in [0.25, 0.3) is 10.9 Å². The van der Waals surface area contributed by atoms with Crippen LogP contribution in [0.4, 0.5) is 0 Å². The molecule has 5 heteroatoms. The number of carbonyl (C=O) groups is 1. The predicted octanol–water partition coefficient (Wildman–Crippen LogP) is 2.54. The van der Waals surface area contributed by atoms with E-state index in [1.54, 1.807) is 25.1 Å². The number of fused-ring (bicyclic) bond motifs is 1. The van der Waals surface area contributed by atoms with Crippen LogP contribution in [0.15, 0.2) is 29.1 Å². The van der Waals surface area contributed by atoms with E-state index in [4.69, 9.17) is 4.74 Å². The zero-order valence-electron chi connectivity index (χ0n) is 13.5. The molecule has 0 atom stereocenters. The standard InChI is InChI=1S/C17H22N2O3/c1-11(2)7-16(20)19(3)10-13-8-12-5-6-14(22-4)9-15(12)18-17(13)21/h5-6,8-9,11H,7,10H2,1-4H3,(H,18,21). The van der Waals surface area contributed by atoms with E-state index in [1.165, 1.54) is 0 Å². The van der Waals surface area contributed by atoms with Gasteiger partial charge in [-0.25, -0.2) is 0 Å².